The number of halogens is 2. The van der Waals surface area contributed by atoms with Crippen molar-refractivity contribution in [2.45, 2.75) is 38.9 Å². The van der Waals surface area contributed by atoms with E-state index in [-0.39, 0.29) is 11.9 Å². The average Bonchev–Trinajstić information content (AvgIpc) is 3.55. The lowest BCUT2D eigenvalue weighted by atomic mass is 10.1. The Balaban J connectivity index is 0.00000119. The number of benzene rings is 1. The molecular formula is C22H25Cl2N7O. The lowest BCUT2D eigenvalue weighted by molar-refractivity contribution is 0.0615. The average molecular weight is 474 g/mol. The van der Waals surface area contributed by atoms with Crippen LogP contribution in [0.1, 0.15) is 36.3 Å². The van der Waals surface area contributed by atoms with Crippen LogP contribution in [-0.4, -0.2) is 61.0 Å². The Bertz CT molecular complexity index is 1080. The number of fused-ring (bicyclic) bond motifs is 2. The van der Waals surface area contributed by atoms with Crippen LogP contribution in [0, 0.1) is 0 Å². The van der Waals surface area contributed by atoms with Crippen LogP contribution < -0.4 is 5.32 Å². The first-order valence-electron chi connectivity index (χ1n) is 10.6. The summed E-state index contributed by atoms with van der Waals surface area (Å²) in [7, 11) is 0. The summed E-state index contributed by atoms with van der Waals surface area (Å²) in [5.74, 6) is 1.37. The van der Waals surface area contributed by atoms with E-state index in [0.717, 1.165) is 24.5 Å². The van der Waals surface area contributed by atoms with E-state index in [4.69, 9.17) is 23.2 Å². The number of carbonyl (C=O) groups is 1. The minimum Gasteiger partial charge on any atom is -0.333 e. The van der Waals surface area contributed by atoms with Gasteiger partial charge in [-0.1, -0.05) is 43.1 Å². The SMILES string of the molecule is CC.O=C(c1cccc(Cl)c1Cl)N1C[C@H]2C[C@@H]1CN2Cc1cncc(Nc2ccn[nH]2)n1. The Morgan fingerprint density at radius 1 is 1.19 bits per heavy atom. The van der Waals surface area contributed by atoms with E-state index >= 15 is 0 Å². The third-order valence-electron chi connectivity index (χ3n) is 5.61. The number of hydrogen-bond donors (Lipinski definition) is 2. The molecule has 0 spiro atoms. The molecule has 1 aromatic carbocycles. The van der Waals surface area contributed by atoms with Crippen molar-refractivity contribution in [2.24, 2.45) is 0 Å². The van der Waals surface area contributed by atoms with Crippen LogP contribution >= 0.6 is 23.2 Å². The Labute approximate surface area is 196 Å². The zero-order valence-corrected chi connectivity index (χ0v) is 19.4. The minimum atomic E-state index is -0.0554. The van der Waals surface area contributed by atoms with Crippen molar-refractivity contribution in [1.29, 1.82) is 0 Å². The molecule has 0 unspecified atom stereocenters. The van der Waals surface area contributed by atoms with Gasteiger partial charge in [-0.05, 0) is 18.6 Å². The van der Waals surface area contributed by atoms with Gasteiger partial charge in [-0.3, -0.25) is 19.8 Å². The molecule has 32 heavy (non-hydrogen) atoms. The van der Waals surface area contributed by atoms with Gasteiger partial charge in [0.15, 0.2) is 0 Å². The maximum absolute atomic E-state index is 13.0. The Hall–Kier alpha value is -2.68. The Morgan fingerprint density at radius 3 is 2.75 bits per heavy atom. The molecule has 0 aliphatic carbocycles. The molecule has 3 aromatic rings. The highest BCUT2D eigenvalue weighted by molar-refractivity contribution is 6.43. The van der Waals surface area contributed by atoms with Gasteiger partial charge in [-0.2, -0.15) is 5.10 Å². The number of hydrogen-bond acceptors (Lipinski definition) is 6. The molecule has 10 heteroatoms. The molecule has 8 nitrogen and oxygen atoms in total. The van der Waals surface area contributed by atoms with Crippen molar-refractivity contribution in [3.8, 4) is 0 Å². The summed E-state index contributed by atoms with van der Waals surface area (Å²) in [6.07, 6.45) is 6.07. The Kier molecular flexibility index (Phi) is 6.93. The van der Waals surface area contributed by atoms with Gasteiger partial charge in [0.1, 0.15) is 11.6 Å². The fourth-order valence-electron chi connectivity index (χ4n) is 4.23. The fraction of sp³-hybridized carbons (Fsp3) is 0.364. The molecule has 0 saturated carbocycles. The number of likely N-dealkylation sites (tertiary alicyclic amines) is 2. The molecule has 2 saturated heterocycles. The first kappa shape index (κ1) is 22.5. The number of nitrogens with zero attached hydrogens (tertiary/aromatic N) is 5. The van der Waals surface area contributed by atoms with E-state index in [1.165, 1.54) is 0 Å². The molecule has 2 bridgehead atoms. The number of nitrogens with one attached hydrogen (secondary N) is 2. The molecule has 0 radical (unpaired) electrons. The third kappa shape index (κ3) is 4.57. The van der Waals surface area contributed by atoms with Crippen LogP contribution in [0.5, 0.6) is 0 Å². The molecule has 5 rings (SSSR count). The van der Waals surface area contributed by atoms with Crippen LogP contribution in [-0.2, 0) is 6.54 Å². The first-order chi connectivity index (χ1) is 15.6. The van der Waals surface area contributed by atoms with Gasteiger partial charge in [-0.25, -0.2) is 4.98 Å². The summed E-state index contributed by atoms with van der Waals surface area (Å²) in [6.45, 7) is 6.16. The van der Waals surface area contributed by atoms with Crippen molar-refractivity contribution in [2.75, 3.05) is 18.4 Å². The lowest BCUT2D eigenvalue weighted by Gasteiger charge is -2.34. The van der Waals surface area contributed by atoms with Crippen molar-refractivity contribution in [3.63, 3.8) is 0 Å². The summed E-state index contributed by atoms with van der Waals surface area (Å²) in [5, 5.41) is 10.6. The molecule has 2 aliphatic rings. The molecule has 2 aliphatic heterocycles. The van der Waals surface area contributed by atoms with Gasteiger partial charge in [0.25, 0.3) is 5.91 Å². The summed E-state index contributed by atoms with van der Waals surface area (Å²) in [6, 6.07) is 7.46. The molecule has 1 amide bonds. The number of rotatable bonds is 5. The summed E-state index contributed by atoms with van der Waals surface area (Å²) in [5.41, 5.74) is 1.34. The molecule has 4 heterocycles. The highest BCUT2D eigenvalue weighted by Crippen LogP contribution is 2.35. The molecule has 2 N–H and O–H groups in total. The van der Waals surface area contributed by atoms with E-state index in [9.17, 15) is 4.79 Å². The maximum atomic E-state index is 13.0. The standard InChI is InChI=1S/C20H19Cl2N7O.C2H6/c21-16-3-1-2-15(19(16)22)20(30)29-11-13-6-14(29)10-28(13)9-12-7-23-8-18(25-12)26-17-4-5-24-27-17;1-2/h1-5,7-8,13-14H,6,9-11H2,(H2,24,25,26,27);1-2H3/t13-,14-;/m1./s1. The highest BCUT2D eigenvalue weighted by Gasteiger charge is 2.45. The van der Waals surface area contributed by atoms with Crippen molar-refractivity contribution in [1.82, 2.24) is 30.0 Å². The predicted molar refractivity (Wildman–Crippen MR) is 125 cm³/mol. The number of anilines is 2. The van der Waals surface area contributed by atoms with Gasteiger partial charge in [0.05, 0.1) is 33.7 Å². The van der Waals surface area contributed by atoms with Gasteiger partial charge in [-0.15, -0.1) is 0 Å². The van der Waals surface area contributed by atoms with E-state index in [1.807, 2.05) is 24.8 Å². The van der Waals surface area contributed by atoms with Crippen LogP contribution in [0.15, 0.2) is 42.9 Å². The topological polar surface area (TPSA) is 90.0 Å². The molecule has 168 valence electrons. The van der Waals surface area contributed by atoms with Crippen LogP contribution in [0.25, 0.3) is 0 Å². The summed E-state index contributed by atoms with van der Waals surface area (Å²) >= 11 is 12.3. The maximum Gasteiger partial charge on any atom is 0.255 e. The van der Waals surface area contributed by atoms with Gasteiger partial charge >= 0.3 is 0 Å². The van der Waals surface area contributed by atoms with Crippen LogP contribution in [0.3, 0.4) is 0 Å². The zero-order chi connectivity index (χ0) is 22.7. The predicted octanol–water partition coefficient (Wildman–Crippen LogP) is 4.38. The van der Waals surface area contributed by atoms with Gasteiger partial charge in [0.2, 0.25) is 0 Å². The molecule has 2 fully saturated rings. The zero-order valence-electron chi connectivity index (χ0n) is 17.9. The monoisotopic (exact) mass is 473 g/mol. The quantitative estimate of drug-likeness (QED) is 0.571. The van der Waals surface area contributed by atoms with Crippen LogP contribution in [0.2, 0.25) is 10.0 Å². The van der Waals surface area contributed by atoms with Crippen molar-refractivity contribution >= 4 is 40.7 Å². The smallest absolute Gasteiger partial charge is 0.255 e. The van der Waals surface area contributed by atoms with E-state index < -0.39 is 0 Å². The second kappa shape index (κ2) is 9.85. The number of amides is 1. The van der Waals surface area contributed by atoms with Gasteiger partial charge < -0.3 is 10.2 Å². The second-order valence-electron chi connectivity index (χ2n) is 7.52. The fourth-order valence-corrected chi connectivity index (χ4v) is 4.61. The number of H-pyrrole nitrogens is 1. The summed E-state index contributed by atoms with van der Waals surface area (Å²) in [4.78, 5) is 26.2. The van der Waals surface area contributed by atoms with E-state index in [2.05, 4.69) is 30.4 Å². The number of piperazine rings is 1. The Morgan fingerprint density at radius 2 is 2.03 bits per heavy atom. The summed E-state index contributed by atoms with van der Waals surface area (Å²) < 4.78 is 0. The molecule has 2 atom stereocenters. The van der Waals surface area contributed by atoms with Crippen molar-refractivity contribution in [3.05, 3.63) is 64.2 Å². The number of carbonyl (C=O) groups excluding carboxylic acids is 1. The van der Waals surface area contributed by atoms with Gasteiger partial charge in [0, 0.05) is 44.0 Å². The number of aromatic amines is 1. The highest BCUT2D eigenvalue weighted by atomic mass is 35.5. The molecule has 2 aromatic heterocycles. The normalized spacial score (nSPS) is 19.6. The van der Waals surface area contributed by atoms with E-state index in [1.54, 1.807) is 36.8 Å². The largest absolute Gasteiger partial charge is 0.333 e. The first-order valence-corrected chi connectivity index (χ1v) is 11.4. The minimum absolute atomic E-state index is 0.0554. The lowest BCUT2D eigenvalue weighted by Crippen LogP contribution is -2.48. The third-order valence-corrected chi connectivity index (χ3v) is 6.43. The number of aromatic nitrogens is 4. The molecular weight excluding hydrogens is 449 g/mol. The van der Waals surface area contributed by atoms with E-state index in [0.29, 0.717) is 40.6 Å². The van der Waals surface area contributed by atoms with Crippen molar-refractivity contribution < 1.29 is 4.79 Å². The second-order valence-corrected chi connectivity index (χ2v) is 8.31. The van der Waals surface area contributed by atoms with Crippen LogP contribution in [0.4, 0.5) is 11.6 Å².